The van der Waals surface area contributed by atoms with Gasteiger partial charge in [0.1, 0.15) is 0 Å². The van der Waals surface area contributed by atoms with E-state index >= 15 is 0 Å². The number of anilines is 1. The first-order valence-electron chi connectivity index (χ1n) is 5.19. The number of hydrogen-bond acceptors (Lipinski definition) is 1. The Hall–Kier alpha value is 0.0300. The molecule has 94 valence electrons. The van der Waals surface area contributed by atoms with Gasteiger partial charge in [-0.25, -0.2) is 0 Å². The summed E-state index contributed by atoms with van der Waals surface area (Å²) in [7, 11) is 0. The Morgan fingerprint density at radius 2 is 1.72 bits per heavy atom. The highest BCUT2D eigenvalue weighted by Crippen LogP contribution is 2.25. The molecule has 0 unspecified atom stereocenters. The van der Waals surface area contributed by atoms with Gasteiger partial charge in [0.05, 0.1) is 0 Å². The van der Waals surface area contributed by atoms with Gasteiger partial charge in [-0.1, -0.05) is 39.1 Å². The topological polar surface area (TPSA) is 12.0 Å². The van der Waals surface area contributed by atoms with Gasteiger partial charge in [-0.05, 0) is 64.6 Å². The van der Waals surface area contributed by atoms with Crippen LogP contribution in [0.3, 0.4) is 0 Å². The maximum Gasteiger partial charge on any atom is 0.0479 e. The van der Waals surface area contributed by atoms with Gasteiger partial charge in [-0.2, -0.15) is 0 Å². The van der Waals surface area contributed by atoms with Gasteiger partial charge in [0.25, 0.3) is 0 Å². The first-order valence-corrected chi connectivity index (χ1v) is 7.82. The summed E-state index contributed by atoms with van der Waals surface area (Å²) in [6, 6.07) is 11.5. The molecule has 0 aromatic heterocycles. The van der Waals surface area contributed by atoms with Crippen molar-refractivity contribution in [3.05, 3.63) is 60.0 Å². The molecule has 0 saturated heterocycles. The number of halogens is 4. The first-order chi connectivity index (χ1) is 8.56. The second-order valence-corrected chi connectivity index (χ2v) is 6.60. The van der Waals surface area contributed by atoms with Crippen LogP contribution in [0.25, 0.3) is 0 Å². The Morgan fingerprint density at radius 3 is 2.44 bits per heavy atom. The monoisotopic (exact) mass is 455 g/mol. The summed E-state index contributed by atoms with van der Waals surface area (Å²) in [5.74, 6) is 0. The second kappa shape index (κ2) is 6.46. The number of rotatable bonds is 3. The SMILES string of the molecule is Clc1ccc(NCc2cc(Cl)ccc2Br)c(I)c1. The third-order valence-corrected chi connectivity index (χ3v) is 4.54. The molecular formula is C13H9BrCl2IN. The lowest BCUT2D eigenvalue weighted by molar-refractivity contribution is 1.13. The van der Waals surface area contributed by atoms with E-state index in [1.54, 1.807) is 0 Å². The van der Waals surface area contributed by atoms with Crippen molar-refractivity contribution in [3.8, 4) is 0 Å². The Labute approximate surface area is 138 Å². The van der Waals surface area contributed by atoms with Gasteiger partial charge < -0.3 is 5.32 Å². The number of benzene rings is 2. The van der Waals surface area contributed by atoms with Crippen molar-refractivity contribution in [2.45, 2.75) is 6.54 Å². The molecule has 0 spiro atoms. The van der Waals surface area contributed by atoms with E-state index < -0.39 is 0 Å². The van der Waals surface area contributed by atoms with Crippen LogP contribution < -0.4 is 5.32 Å². The summed E-state index contributed by atoms with van der Waals surface area (Å²) < 4.78 is 2.14. The van der Waals surface area contributed by atoms with Crippen LogP contribution in [0.4, 0.5) is 5.69 Å². The average molecular weight is 457 g/mol. The molecule has 0 aliphatic heterocycles. The van der Waals surface area contributed by atoms with E-state index in [2.05, 4.69) is 43.8 Å². The van der Waals surface area contributed by atoms with Crippen LogP contribution in [0.15, 0.2) is 40.9 Å². The molecule has 2 rings (SSSR count). The zero-order valence-corrected chi connectivity index (χ0v) is 14.4. The summed E-state index contributed by atoms with van der Waals surface area (Å²) >= 11 is 17.7. The molecule has 2 aromatic rings. The Morgan fingerprint density at radius 1 is 1.06 bits per heavy atom. The smallest absolute Gasteiger partial charge is 0.0479 e. The standard InChI is InChI=1S/C13H9BrCl2IN/c14-11-3-1-9(15)5-8(11)7-18-13-4-2-10(16)6-12(13)17/h1-6,18H,7H2. The van der Waals surface area contributed by atoms with Crippen molar-refractivity contribution in [2.75, 3.05) is 5.32 Å². The van der Waals surface area contributed by atoms with Gasteiger partial charge in [-0.3, -0.25) is 0 Å². The molecule has 2 aromatic carbocycles. The highest BCUT2D eigenvalue weighted by molar-refractivity contribution is 14.1. The van der Waals surface area contributed by atoms with Crippen LogP contribution >= 0.6 is 61.7 Å². The van der Waals surface area contributed by atoms with Crippen LogP contribution in [0.1, 0.15) is 5.56 Å². The third kappa shape index (κ3) is 3.76. The molecule has 0 bridgehead atoms. The van der Waals surface area contributed by atoms with Crippen molar-refractivity contribution in [2.24, 2.45) is 0 Å². The summed E-state index contributed by atoms with van der Waals surface area (Å²) in [6.07, 6.45) is 0. The molecule has 0 aliphatic carbocycles. The van der Waals surface area contributed by atoms with Gasteiger partial charge in [0.15, 0.2) is 0 Å². The van der Waals surface area contributed by atoms with Crippen molar-refractivity contribution in [1.29, 1.82) is 0 Å². The molecule has 18 heavy (non-hydrogen) atoms. The van der Waals surface area contributed by atoms with E-state index in [1.807, 2.05) is 36.4 Å². The lowest BCUT2D eigenvalue weighted by Gasteiger charge is -2.10. The minimum Gasteiger partial charge on any atom is -0.380 e. The highest BCUT2D eigenvalue weighted by atomic mass is 127. The molecular weight excluding hydrogens is 448 g/mol. The van der Waals surface area contributed by atoms with E-state index in [1.165, 1.54) is 0 Å². The van der Waals surface area contributed by atoms with E-state index in [0.717, 1.165) is 29.3 Å². The summed E-state index contributed by atoms with van der Waals surface area (Å²) in [5, 5.41) is 4.85. The van der Waals surface area contributed by atoms with Crippen molar-refractivity contribution in [3.63, 3.8) is 0 Å². The van der Waals surface area contributed by atoms with Gasteiger partial charge in [0.2, 0.25) is 0 Å². The first kappa shape index (κ1) is 14.4. The van der Waals surface area contributed by atoms with E-state index in [4.69, 9.17) is 23.2 Å². The van der Waals surface area contributed by atoms with Crippen LogP contribution in [0.5, 0.6) is 0 Å². The number of nitrogens with one attached hydrogen (secondary N) is 1. The molecule has 0 atom stereocenters. The Balaban J connectivity index is 2.13. The molecule has 0 amide bonds. The lowest BCUT2D eigenvalue weighted by Crippen LogP contribution is -2.01. The fourth-order valence-electron chi connectivity index (χ4n) is 1.50. The predicted molar refractivity (Wildman–Crippen MR) is 90.6 cm³/mol. The predicted octanol–water partition coefficient (Wildman–Crippen LogP) is 5.97. The summed E-state index contributed by atoms with van der Waals surface area (Å²) in [6.45, 7) is 0.707. The summed E-state index contributed by atoms with van der Waals surface area (Å²) in [5.41, 5.74) is 2.18. The second-order valence-electron chi connectivity index (χ2n) is 3.71. The Bertz CT molecular complexity index is 575. The average Bonchev–Trinajstić information content (AvgIpc) is 2.32. The molecule has 1 nitrogen and oxygen atoms in total. The lowest BCUT2D eigenvalue weighted by atomic mass is 10.2. The molecule has 0 heterocycles. The van der Waals surface area contributed by atoms with Crippen molar-refractivity contribution >= 4 is 67.4 Å². The molecule has 0 fully saturated rings. The van der Waals surface area contributed by atoms with Crippen LogP contribution in [0, 0.1) is 3.57 Å². The molecule has 1 N–H and O–H groups in total. The molecule has 0 radical (unpaired) electrons. The van der Waals surface area contributed by atoms with E-state index in [-0.39, 0.29) is 0 Å². The molecule has 0 saturated carbocycles. The number of hydrogen-bond donors (Lipinski definition) is 1. The fourth-order valence-corrected chi connectivity index (χ4v) is 3.15. The van der Waals surface area contributed by atoms with Gasteiger partial charge in [-0.15, -0.1) is 0 Å². The largest absolute Gasteiger partial charge is 0.380 e. The zero-order chi connectivity index (χ0) is 13.1. The fraction of sp³-hybridized carbons (Fsp3) is 0.0769. The normalized spacial score (nSPS) is 10.4. The highest BCUT2D eigenvalue weighted by Gasteiger charge is 2.03. The molecule has 0 aliphatic rings. The van der Waals surface area contributed by atoms with Crippen molar-refractivity contribution in [1.82, 2.24) is 0 Å². The van der Waals surface area contributed by atoms with Crippen LogP contribution in [-0.2, 0) is 6.54 Å². The minimum absolute atomic E-state index is 0.707. The maximum absolute atomic E-state index is 5.98. The zero-order valence-electron chi connectivity index (χ0n) is 9.18. The van der Waals surface area contributed by atoms with Gasteiger partial charge in [0, 0.05) is 30.3 Å². The van der Waals surface area contributed by atoms with Crippen LogP contribution in [0.2, 0.25) is 10.0 Å². The van der Waals surface area contributed by atoms with E-state index in [9.17, 15) is 0 Å². The van der Waals surface area contributed by atoms with Crippen LogP contribution in [-0.4, -0.2) is 0 Å². The molecule has 5 heteroatoms. The maximum atomic E-state index is 5.98. The van der Waals surface area contributed by atoms with Crippen molar-refractivity contribution < 1.29 is 0 Å². The third-order valence-electron chi connectivity index (χ3n) is 2.41. The summed E-state index contributed by atoms with van der Waals surface area (Å²) in [4.78, 5) is 0. The van der Waals surface area contributed by atoms with Gasteiger partial charge >= 0.3 is 0 Å². The Kier molecular flexibility index (Phi) is 5.18. The minimum atomic E-state index is 0.707. The quantitative estimate of drug-likeness (QED) is 0.561. The van der Waals surface area contributed by atoms with E-state index in [0.29, 0.717) is 6.54 Å².